The summed E-state index contributed by atoms with van der Waals surface area (Å²) in [5, 5.41) is 12.1. The molecule has 1 unspecified atom stereocenters. The number of carbonyl (C=O) groups is 1. The Morgan fingerprint density at radius 3 is 2.28 bits per heavy atom. The molecule has 0 saturated heterocycles. The van der Waals surface area contributed by atoms with Gasteiger partial charge in [-0.25, -0.2) is 9.18 Å². The molecule has 0 radical (unpaired) electrons. The summed E-state index contributed by atoms with van der Waals surface area (Å²) in [5.74, 6) is -1.06. The number of carbonyl (C=O) groups excluding carboxylic acids is 1. The summed E-state index contributed by atoms with van der Waals surface area (Å²) >= 11 is 0. The molecule has 2 aromatic carbocycles. The van der Waals surface area contributed by atoms with Gasteiger partial charge in [0, 0.05) is 6.20 Å². The number of halogens is 4. The number of hydrogen-bond acceptors (Lipinski definition) is 3. The fourth-order valence-electron chi connectivity index (χ4n) is 5.52. The van der Waals surface area contributed by atoms with E-state index in [-0.39, 0.29) is 17.5 Å². The van der Waals surface area contributed by atoms with Crippen molar-refractivity contribution in [2.75, 3.05) is 0 Å². The fraction of sp³-hybridized carbons (Fsp3) is 0.296. The van der Waals surface area contributed by atoms with Crippen LogP contribution in [0.5, 0.6) is 0 Å². The van der Waals surface area contributed by atoms with Gasteiger partial charge >= 0.3 is 12.2 Å². The molecular formula is C27H24F4N4O. The first-order valence-electron chi connectivity index (χ1n) is 11.5. The average molecular weight is 497 g/mol. The zero-order valence-electron chi connectivity index (χ0n) is 19.3. The second-order valence-corrected chi connectivity index (χ2v) is 9.12. The summed E-state index contributed by atoms with van der Waals surface area (Å²) in [4.78, 5) is 16.8. The van der Waals surface area contributed by atoms with Gasteiger partial charge in [-0.15, -0.1) is 0 Å². The molecule has 1 fully saturated rings. The molecule has 1 saturated carbocycles. The predicted octanol–water partition coefficient (Wildman–Crippen LogP) is 5.62. The third kappa shape index (κ3) is 4.63. The van der Waals surface area contributed by atoms with E-state index in [1.54, 1.807) is 18.2 Å². The predicted molar refractivity (Wildman–Crippen MR) is 125 cm³/mol. The van der Waals surface area contributed by atoms with Crippen molar-refractivity contribution in [2.45, 2.75) is 49.2 Å². The number of aromatic nitrogens is 1. The lowest BCUT2D eigenvalue weighted by Crippen LogP contribution is -2.63. The maximum atomic E-state index is 14.9. The second kappa shape index (κ2) is 9.61. The van der Waals surface area contributed by atoms with Gasteiger partial charge in [0.05, 0.1) is 27.8 Å². The molecule has 5 nitrogen and oxygen atoms in total. The number of hydrogen-bond donors (Lipinski definition) is 2. The maximum Gasteiger partial charge on any atom is 0.416 e. The monoisotopic (exact) mass is 496 g/mol. The lowest BCUT2D eigenvalue weighted by molar-refractivity contribution is -0.137. The van der Waals surface area contributed by atoms with E-state index in [2.05, 4.69) is 10.3 Å². The van der Waals surface area contributed by atoms with Crippen LogP contribution in [0.4, 0.5) is 22.4 Å². The standard InChI is InChI=1S/C27H24F4N4O/c28-22-13-20(12-21(14-22)27(29,30)31)26(15-18-6-2-1-3-7-18,23-9-8-19(16-32)17-34-23)25(35-24(33)36)10-4-5-11-25/h1-3,6-9,12-14,17H,4-5,10-11,15H2,(H3,33,35,36). The first kappa shape index (κ1) is 25.2. The summed E-state index contributed by atoms with van der Waals surface area (Å²) in [6.07, 6.45) is -1.24. The van der Waals surface area contributed by atoms with Crippen molar-refractivity contribution < 1.29 is 22.4 Å². The third-order valence-electron chi connectivity index (χ3n) is 7.00. The van der Waals surface area contributed by atoms with Crippen LogP contribution in [0.3, 0.4) is 0 Å². The number of nitrogens with zero attached hydrogens (tertiary/aromatic N) is 2. The molecule has 3 N–H and O–H groups in total. The highest BCUT2D eigenvalue weighted by atomic mass is 19.4. The van der Waals surface area contributed by atoms with Crippen LogP contribution < -0.4 is 11.1 Å². The lowest BCUT2D eigenvalue weighted by Gasteiger charge is -2.49. The Balaban J connectivity index is 2.11. The summed E-state index contributed by atoms with van der Waals surface area (Å²) < 4.78 is 56.4. The minimum Gasteiger partial charge on any atom is -0.352 e. The first-order valence-corrected chi connectivity index (χ1v) is 11.5. The third-order valence-corrected chi connectivity index (χ3v) is 7.00. The Morgan fingerprint density at radius 2 is 1.72 bits per heavy atom. The van der Waals surface area contributed by atoms with Gasteiger partial charge in [0.2, 0.25) is 0 Å². The number of rotatable bonds is 6. The molecule has 1 aliphatic carbocycles. The van der Waals surface area contributed by atoms with Crippen molar-refractivity contribution in [2.24, 2.45) is 5.73 Å². The normalized spacial score (nSPS) is 16.6. The highest BCUT2D eigenvalue weighted by Crippen LogP contribution is 2.52. The van der Waals surface area contributed by atoms with Crippen LogP contribution in [0.2, 0.25) is 0 Å². The largest absolute Gasteiger partial charge is 0.416 e. The van der Waals surface area contributed by atoms with Crippen molar-refractivity contribution >= 4 is 6.03 Å². The van der Waals surface area contributed by atoms with E-state index < -0.39 is 34.5 Å². The molecule has 0 bridgehead atoms. The molecule has 1 atom stereocenters. The Labute approximate surface area is 206 Å². The van der Waals surface area contributed by atoms with E-state index in [0.29, 0.717) is 37.4 Å². The van der Waals surface area contributed by atoms with Crippen molar-refractivity contribution in [3.63, 3.8) is 0 Å². The van der Waals surface area contributed by atoms with Gasteiger partial charge < -0.3 is 11.1 Å². The molecule has 2 amide bonds. The lowest BCUT2D eigenvalue weighted by atomic mass is 9.59. The number of benzene rings is 2. The van der Waals surface area contributed by atoms with E-state index in [1.807, 2.05) is 24.3 Å². The molecule has 0 aliphatic heterocycles. The van der Waals surface area contributed by atoms with E-state index in [9.17, 15) is 27.6 Å². The van der Waals surface area contributed by atoms with Gasteiger partial charge in [-0.2, -0.15) is 18.4 Å². The SMILES string of the molecule is N#Cc1ccc(C(Cc2ccccc2)(c2cc(F)cc(C(F)(F)F)c2)C2(NC(N)=O)CCCC2)nc1. The number of nitrogens with one attached hydrogen (secondary N) is 1. The van der Waals surface area contributed by atoms with Gasteiger partial charge in [-0.05, 0) is 60.7 Å². The highest BCUT2D eigenvalue weighted by Gasteiger charge is 2.56. The van der Waals surface area contributed by atoms with Crippen LogP contribution in [0, 0.1) is 17.1 Å². The minimum absolute atomic E-state index is 0.0199. The number of nitrogens with two attached hydrogens (primary N) is 1. The topological polar surface area (TPSA) is 91.8 Å². The van der Waals surface area contributed by atoms with E-state index in [0.717, 1.165) is 17.7 Å². The Morgan fingerprint density at radius 1 is 1.06 bits per heavy atom. The summed E-state index contributed by atoms with van der Waals surface area (Å²) in [5.41, 5.74) is 3.20. The number of urea groups is 1. The molecule has 3 aromatic rings. The van der Waals surface area contributed by atoms with Crippen LogP contribution in [-0.4, -0.2) is 16.6 Å². The van der Waals surface area contributed by atoms with Gasteiger partial charge in [-0.1, -0.05) is 43.2 Å². The molecule has 0 spiro atoms. The Hall–Kier alpha value is -3.93. The zero-order valence-corrected chi connectivity index (χ0v) is 19.3. The summed E-state index contributed by atoms with van der Waals surface area (Å²) in [7, 11) is 0. The van der Waals surface area contributed by atoms with Crippen molar-refractivity contribution in [3.8, 4) is 6.07 Å². The minimum atomic E-state index is -4.80. The first-order chi connectivity index (χ1) is 17.1. The van der Waals surface area contributed by atoms with Crippen LogP contribution >= 0.6 is 0 Å². The number of pyridine rings is 1. The average Bonchev–Trinajstić information content (AvgIpc) is 3.31. The fourth-order valence-corrected chi connectivity index (χ4v) is 5.52. The van der Waals surface area contributed by atoms with E-state index in [1.165, 1.54) is 12.3 Å². The van der Waals surface area contributed by atoms with Gasteiger partial charge in [0.1, 0.15) is 11.9 Å². The van der Waals surface area contributed by atoms with Gasteiger partial charge in [-0.3, -0.25) is 4.98 Å². The van der Waals surface area contributed by atoms with Crippen LogP contribution in [0.25, 0.3) is 0 Å². The molecule has 1 aromatic heterocycles. The van der Waals surface area contributed by atoms with E-state index in [4.69, 9.17) is 5.73 Å². The Bertz CT molecular complexity index is 1280. The van der Waals surface area contributed by atoms with Gasteiger partial charge in [0.25, 0.3) is 0 Å². The molecule has 1 aliphatic rings. The summed E-state index contributed by atoms with van der Waals surface area (Å²) in [6, 6.07) is 15.7. The van der Waals surface area contributed by atoms with Crippen LogP contribution in [0.1, 0.15) is 53.6 Å². The van der Waals surface area contributed by atoms with Crippen LogP contribution in [-0.2, 0) is 18.0 Å². The maximum absolute atomic E-state index is 14.9. The zero-order chi connectivity index (χ0) is 26.0. The molecule has 9 heteroatoms. The Kier molecular flexibility index (Phi) is 6.72. The molecule has 36 heavy (non-hydrogen) atoms. The molecule has 186 valence electrons. The van der Waals surface area contributed by atoms with E-state index >= 15 is 0 Å². The molecular weight excluding hydrogens is 472 g/mol. The summed E-state index contributed by atoms with van der Waals surface area (Å²) in [6.45, 7) is 0. The quantitative estimate of drug-likeness (QED) is 0.434. The van der Waals surface area contributed by atoms with Crippen LogP contribution in [0.15, 0.2) is 66.9 Å². The van der Waals surface area contributed by atoms with Crippen molar-refractivity contribution in [1.82, 2.24) is 10.3 Å². The van der Waals surface area contributed by atoms with Crippen molar-refractivity contribution in [3.05, 3.63) is 101 Å². The van der Waals surface area contributed by atoms with Crippen molar-refractivity contribution in [1.29, 1.82) is 5.26 Å². The number of nitriles is 1. The number of primary amides is 1. The molecule has 4 rings (SSSR count). The number of amides is 2. The molecule has 1 heterocycles. The number of alkyl halides is 3. The smallest absolute Gasteiger partial charge is 0.352 e. The highest BCUT2D eigenvalue weighted by molar-refractivity contribution is 5.73. The van der Waals surface area contributed by atoms with Gasteiger partial charge in [0.15, 0.2) is 0 Å². The second-order valence-electron chi connectivity index (χ2n) is 9.12.